The van der Waals surface area contributed by atoms with Crippen molar-refractivity contribution in [3.8, 4) is 0 Å². The van der Waals surface area contributed by atoms with Gasteiger partial charge in [0.15, 0.2) is 5.78 Å². The topological polar surface area (TPSA) is 26.3 Å². The van der Waals surface area contributed by atoms with Gasteiger partial charge in [0, 0.05) is 6.42 Å². The van der Waals surface area contributed by atoms with Crippen LogP contribution in [0.3, 0.4) is 0 Å². The number of hydrogen-bond donors (Lipinski definition) is 0. The Hall–Kier alpha value is -0.833. The third-order valence-corrected chi connectivity index (χ3v) is 2.59. The van der Waals surface area contributed by atoms with E-state index < -0.39 is 0 Å². The summed E-state index contributed by atoms with van der Waals surface area (Å²) < 4.78 is 4.91. The maximum Gasteiger partial charge on any atom is 0.203 e. The summed E-state index contributed by atoms with van der Waals surface area (Å²) in [4.78, 5) is 10.2. The van der Waals surface area contributed by atoms with Crippen LogP contribution >= 0.6 is 0 Å². The first-order chi connectivity index (χ1) is 7.81. The normalized spacial score (nSPS) is 14.2. The first-order valence-electron chi connectivity index (χ1n) is 6.18. The molecule has 0 saturated heterocycles. The summed E-state index contributed by atoms with van der Waals surface area (Å²) in [6.07, 6.45) is 15.7. The molecule has 0 aromatic heterocycles. The van der Waals surface area contributed by atoms with Crippen LogP contribution in [0.1, 0.15) is 51.9 Å². The van der Waals surface area contributed by atoms with Gasteiger partial charge in [-0.1, -0.05) is 38.3 Å². The van der Waals surface area contributed by atoms with Crippen molar-refractivity contribution in [1.29, 1.82) is 0 Å². The van der Waals surface area contributed by atoms with Crippen LogP contribution in [0.2, 0.25) is 0 Å². The van der Waals surface area contributed by atoms with Gasteiger partial charge in [-0.05, 0) is 25.3 Å². The van der Waals surface area contributed by atoms with E-state index in [-0.39, 0.29) is 5.78 Å². The zero-order chi connectivity index (χ0) is 12.1. The monoisotopic (exact) mass is 240 g/mol. The third kappa shape index (κ3) is 11.2. The second-order valence-electron chi connectivity index (χ2n) is 3.86. The van der Waals surface area contributed by atoms with Crippen LogP contribution in [0.4, 0.5) is 0 Å². The summed E-state index contributed by atoms with van der Waals surface area (Å²) >= 11 is 0. The van der Waals surface area contributed by atoms with Crippen LogP contribution < -0.4 is 0 Å². The Balaban J connectivity index is 0.000000315. The highest BCUT2D eigenvalue weighted by molar-refractivity contribution is 5.98. The van der Waals surface area contributed by atoms with Crippen molar-refractivity contribution in [2.75, 3.05) is 0 Å². The average Bonchev–Trinajstić information content (AvgIpc) is 2.75. The fourth-order valence-corrected chi connectivity index (χ4v) is 1.57. The molecule has 0 atom stereocenters. The molecular weight excluding hydrogens is 216 g/mol. The molecule has 0 amide bonds. The van der Waals surface area contributed by atoms with Crippen molar-refractivity contribution in [1.82, 2.24) is 0 Å². The molecule has 16 heavy (non-hydrogen) atoms. The maximum absolute atomic E-state index is 10.2. The van der Waals surface area contributed by atoms with Crippen molar-refractivity contribution in [2.24, 2.45) is 0 Å². The Kier molecular flexibility index (Phi) is 11.6. The second-order valence-corrected chi connectivity index (χ2v) is 4.34. The van der Waals surface area contributed by atoms with Crippen molar-refractivity contribution >= 4 is 16.3 Å². The van der Waals surface area contributed by atoms with Crippen LogP contribution in [0.25, 0.3) is 0 Å². The predicted molar refractivity (Wildman–Crippen MR) is 72.3 cm³/mol. The third-order valence-electron chi connectivity index (χ3n) is 2.32. The van der Waals surface area contributed by atoms with Gasteiger partial charge < -0.3 is 4.43 Å². The molecule has 1 rings (SSSR count). The van der Waals surface area contributed by atoms with E-state index >= 15 is 0 Å². The quantitative estimate of drug-likeness (QED) is 0.405. The fraction of sp³-hybridized carbons (Fsp3) is 0.615. The van der Waals surface area contributed by atoms with Crippen LogP contribution in [0.5, 0.6) is 0 Å². The van der Waals surface area contributed by atoms with Crippen molar-refractivity contribution in [2.45, 2.75) is 51.9 Å². The molecule has 1 aliphatic carbocycles. The van der Waals surface area contributed by atoms with E-state index in [1.165, 1.54) is 32.1 Å². The molecule has 2 nitrogen and oxygen atoms in total. The molecule has 0 unspecified atom stereocenters. The maximum atomic E-state index is 10.2. The lowest BCUT2D eigenvalue weighted by molar-refractivity contribution is -0.114. The van der Waals surface area contributed by atoms with Crippen molar-refractivity contribution in [3.05, 3.63) is 24.5 Å². The van der Waals surface area contributed by atoms with Gasteiger partial charge in [-0.25, -0.2) is 0 Å². The Morgan fingerprint density at radius 2 is 2.25 bits per heavy atom. The molecule has 0 spiro atoms. The Morgan fingerprint density at radius 3 is 2.69 bits per heavy atom. The van der Waals surface area contributed by atoms with E-state index in [1.807, 2.05) is 12.3 Å². The van der Waals surface area contributed by atoms with E-state index in [4.69, 9.17) is 4.43 Å². The summed E-state index contributed by atoms with van der Waals surface area (Å²) in [6, 6.07) is 0. The predicted octanol–water partition coefficient (Wildman–Crippen LogP) is 2.67. The summed E-state index contributed by atoms with van der Waals surface area (Å²) in [6.45, 7) is 2.23. The molecule has 0 bridgehead atoms. The molecule has 0 aromatic rings. The lowest BCUT2D eigenvalue weighted by atomic mass is 10.2. The van der Waals surface area contributed by atoms with Gasteiger partial charge in [0.25, 0.3) is 0 Å². The van der Waals surface area contributed by atoms with Gasteiger partial charge >= 0.3 is 0 Å². The standard InChI is InChI=1S/C8H18OSi.C5H6O/c1-2-3-4-5-6-7-8-9-10;6-5-3-1-2-4-5/h7-8H,2-6H2,1,10H3;1,3H,2,4H2. The molecule has 1 aliphatic rings. The van der Waals surface area contributed by atoms with Crippen molar-refractivity contribution in [3.63, 3.8) is 0 Å². The molecule has 0 N–H and O–H groups in total. The molecular formula is C13H24O2Si. The number of carbonyl (C=O) groups is 1. The first kappa shape index (κ1) is 15.2. The van der Waals surface area contributed by atoms with Crippen molar-refractivity contribution < 1.29 is 9.22 Å². The lowest BCUT2D eigenvalue weighted by Crippen LogP contribution is -1.80. The van der Waals surface area contributed by atoms with E-state index in [0.717, 1.165) is 23.3 Å². The zero-order valence-corrected chi connectivity index (χ0v) is 12.6. The largest absolute Gasteiger partial charge is 0.559 e. The minimum Gasteiger partial charge on any atom is -0.559 e. The van der Waals surface area contributed by atoms with Gasteiger partial charge in [-0.15, -0.1) is 0 Å². The van der Waals surface area contributed by atoms with Gasteiger partial charge in [-0.3, -0.25) is 4.79 Å². The SMILES string of the molecule is CCCCCCC=CO[SiH3].O=C1C=CCC1. The number of unbranched alkanes of at least 4 members (excludes halogenated alkanes) is 4. The number of allylic oxidation sites excluding steroid dienone is 3. The molecule has 92 valence electrons. The van der Waals surface area contributed by atoms with E-state index in [2.05, 4.69) is 13.0 Å². The number of hydrogen-bond acceptors (Lipinski definition) is 2. The molecule has 0 aliphatic heterocycles. The van der Waals surface area contributed by atoms with Crippen LogP contribution in [0, 0.1) is 0 Å². The van der Waals surface area contributed by atoms with Gasteiger partial charge in [0.05, 0.1) is 6.26 Å². The van der Waals surface area contributed by atoms with Gasteiger partial charge in [0.1, 0.15) is 0 Å². The molecule has 0 aromatic carbocycles. The lowest BCUT2D eigenvalue weighted by Gasteiger charge is -1.93. The second kappa shape index (κ2) is 12.2. The highest BCUT2D eigenvalue weighted by Crippen LogP contribution is 2.02. The molecule has 0 heterocycles. The van der Waals surface area contributed by atoms with E-state index in [1.54, 1.807) is 6.08 Å². The van der Waals surface area contributed by atoms with Gasteiger partial charge in [-0.2, -0.15) is 0 Å². The first-order valence-corrected chi connectivity index (χ1v) is 7.00. The molecule has 0 saturated carbocycles. The summed E-state index contributed by atoms with van der Waals surface area (Å²) in [5.41, 5.74) is 0. The molecule has 3 heteroatoms. The smallest absolute Gasteiger partial charge is 0.203 e. The van der Waals surface area contributed by atoms with Crippen LogP contribution in [-0.4, -0.2) is 16.3 Å². The van der Waals surface area contributed by atoms with E-state index in [0.29, 0.717) is 0 Å². The fourth-order valence-electron chi connectivity index (χ4n) is 1.38. The zero-order valence-electron chi connectivity index (χ0n) is 10.6. The Labute approximate surface area is 102 Å². The number of carbonyl (C=O) groups excluding carboxylic acids is 1. The summed E-state index contributed by atoms with van der Waals surface area (Å²) in [7, 11) is 0.822. The minimum absolute atomic E-state index is 0.273. The highest BCUT2D eigenvalue weighted by Gasteiger charge is 1.98. The van der Waals surface area contributed by atoms with Crippen LogP contribution in [0.15, 0.2) is 24.5 Å². The molecule has 0 radical (unpaired) electrons. The van der Waals surface area contributed by atoms with Gasteiger partial charge in [0.2, 0.25) is 10.5 Å². The molecule has 0 fully saturated rings. The highest BCUT2D eigenvalue weighted by atomic mass is 28.2. The minimum atomic E-state index is 0.273. The summed E-state index contributed by atoms with van der Waals surface area (Å²) in [5, 5.41) is 0. The average molecular weight is 240 g/mol. The number of rotatable bonds is 6. The number of ketones is 1. The Bertz CT molecular complexity index is 222. The van der Waals surface area contributed by atoms with E-state index in [9.17, 15) is 4.79 Å². The summed E-state index contributed by atoms with van der Waals surface area (Å²) in [5.74, 6) is 0.273. The van der Waals surface area contributed by atoms with Crippen LogP contribution in [-0.2, 0) is 9.22 Å². The Morgan fingerprint density at radius 1 is 1.44 bits per heavy atom.